The smallest absolute Gasteiger partial charge is 0.233 e. The Hall–Kier alpha value is -0.850. The Morgan fingerprint density at radius 2 is 2.27 bits per heavy atom. The summed E-state index contributed by atoms with van der Waals surface area (Å²) >= 11 is 5.06. The van der Waals surface area contributed by atoms with Crippen molar-refractivity contribution in [3.8, 4) is 9.88 Å². The molecule has 0 aromatic carbocycles. The van der Waals surface area contributed by atoms with E-state index in [1.165, 1.54) is 17.7 Å². The first-order valence-electron chi connectivity index (χ1n) is 7.62. The van der Waals surface area contributed by atoms with Crippen LogP contribution in [-0.4, -0.2) is 22.2 Å². The molecule has 6 heteroatoms. The fourth-order valence-corrected chi connectivity index (χ4v) is 5.09. The standard InChI is InChI=1S/C16H20N2OS3/c1-11(15(19)17-12-5-2-3-6-12)21-9-13-10-22-16(18-13)14-7-4-8-20-14/h4,7-8,10-12H,2-3,5-6,9H2,1H3,(H,17,19)/t11-/m1/s1. The first-order chi connectivity index (χ1) is 10.7. The summed E-state index contributed by atoms with van der Waals surface area (Å²) in [5.41, 5.74) is 1.07. The van der Waals surface area contributed by atoms with E-state index in [1.54, 1.807) is 34.4 Å². The second-order valence-electron chi connectivity index (χ2n) is 5.56. The van der Waals surface area contributed by atoms with Crippen LogP contribution in [0.1, 0.15) is 38.3 Å². The van der Waals surface area contributed by atoms with Gasteiger partial charge in [-0.2, -0.15) is 0 Å². The van der Waals surface area contributed by atoms with E-state index >= 15 is 0 Å². The van der Waals surface area contributed by atoms with Gasteiger partial charge < -0.3 is 5.32 Å². The van der Waals surface area contributed by atoms with Gasteiger partial charge in [-0.15, -0.1) is 34.4 Å². The van der Waals surface area contributed by atoms with Crippen LogP contribution < -0.4 is 5.32 Å². The number of hydrogen-bond donors (Lipinski definition) is 1. The van der Waals surface area contributed by atoms with Crippen molar-refractivity contribution in [2.75, 3.05) is 0 Å². The lowest BCUT2D eigenvalue weighted by Gasteiger charge is -2.15. The third-order valence-corrected chi connectivity index (χ3v) is 6.94. The van der Waals surface area contributed by atoms with E-state index < -0.39 is 0 Å². The maximum absolute atomic E-state index is 12.2. The molecule has 1 N–H and O–H groups in total. The Labute approximate surface area is 143 Å². The van der Waals surface area contributed by atoms with Crippen molar-refractivity contribution in [1.82, 2.24) is 10.3 Å². The molecule has 0 aliphatic heterocycles. The Morgan fingerprint density at radius 3 is 3.00 bits per heavy atom. The topological polar surface area (TPSA) is 42.0 Å². The van der Waals surface area contributed by atoms with Crippen molar-refractivity contribution < 1.29 is 4.79 Å². The van der Waals surface area contributed by atoms with Crippen molar-refractivity contribution in [3.63, 3.8) is 0 Å². The highest BCUT2D eigenvalue weighted by molar-refractivity contribution is 7.99. The Morgan fingerprint density at radius 1 is 1.45 bits per heavy atom. The lowest BCUT2D eigenvalue weighted by atomic mass is 10.2. The molecular weight excluding hydrogens is 332 g/mol. The number of thioether (sulfide) groups is 1. The number of amides is 1. The van der Waals surface area contributed by atoms with Crippen LogP contribution in [0.25, 0.3) is 9.88 Å². The summed E-state index contributed by atoms with van der Waals surface area (Å²) < 4.78 is 0. The lowest BCUT2D eigenvalue weighted by Crippen LogP contribution is -2.37. The summed E-state index contributed by atoms with van der Waals surface area (Å²) in [5.74, 6) is 0.965. The van der Waals surface area contributed by atoms with Crippen molar-refractivity contribution in [2.24, 2.45) is 0 Å². The minimum atomic E-state index is -0.0208. The van der Waals surface area contributed by atoms with E-state index in [-0.39, 0.29) is 11.2 Å². The Kier molecular flexibility index (Phi) is 5.55. The highest BCUT2D eigenvalue weighted by Gasteiger charge is 2.21. The number of hydrogen-bond acceptors (Lipinski definition) is 5. The van der Waals surface area contributed by atoms with E-state index in [2.05, 4.69) is 27.1 Å². The van der Waals surface area contributed by atoms with E-state index in [4.69, 9.17) is 0 Å². The highest BCUT2D eigenvalue weighted by Crippen LogP contribution is 2.29. The van der Waals surface area contributed by atoms with Gasteiger partial charge in [0.05, 0.1) is 15.8 Å². The highest BCUT2D eigenvalue weighted by atomic mass is 32.2. The molecule has 1 aliphatic rings. The second-order valence-corrected chi connectivity index (χ2v) is 8.70. The summed E-state index contributed by atoms with van der Waals surface area (Å²) in [4.78, 5) is 18.0. The minimum Gasteiger partial charge on any atom is -0.352 e. The predicted octanol–water partition coefficient (Wildman–Crippen LogP) is 4.55. The molecule has 0 spiro atoms. The van der Waals surface area contributed by atoms with Crippen LogP contribution in [0.5, 0.6) is 0 Å². The summed E-state index contributed by atoms with van der Waals surface area (Å²) in [7, 11) is 0. The normalized spacial score (nSPS) is 16.8. The fourth-order valence-electron chi connectivity index (χ4n) is 2.56. The van der Waals surface area contributed by atoms with E-state index in [1.807, 2.05) is 13.0 Å². The van der Waals surface area contributed by atoms with Gasteiger partial charge in [-0.05, 0) is 31.2 Å². The Bertz CT molecular complexity index is 603. The lowest BCUT2D eigenvalue weighted by molar-refractivity contribution is -0.120. The molecule has 3 nitrogen and oxygen atoms in total. The van der Waals surface area contributed by atoms with Gasteiger partial charge in [0.2, 0.25) is 5.91 Å². The van der Waals surface area contributed by atoms with Crippen LogP contribution in [0.15, 0.2) is 22.9 Å². The molecule has 22 heavy (non-hydrogen) atoms. The zero-order valence-corrected chi connectivity index (χ0v) is 15.0. The van der Waals surface area contributed by atoms with Crippen molar-refractivity contribution in [1.29, 1.82) is 0 Å². The summed E-state index contributed by atoms with van der Waals surface area (Å²) in [5, 5.41) is 8.39. The van der Waals surface area contributed by atoms with E-state index in [0.29, 0.717) is 6.04 Å². The molecule has 0 radical (unpaired) electrons. The minimum absolute atomic E-state index is 0.0208. The van der Waals surface area contributed by atoms with Crippen molar-refractivity contribution in [2.45, 2.75) is 49.7 Å². The first-order valence-corrected chi connectivity index (χ1v) is 10.4. The molecule has 1 amide bonds. The molecule has 3 rings (SSSR count). The molecule has 2 aromatic heterocycles. The number of thiophene rings is 1. The average Bonchev–Trinajstić information content (AvgIpc) is 3.25. The molecular formula is C16H20N2OS3. The van der Waals surface area contributed by atoms with E-state index in [0.717, 1.165) is 29.3 Å². The number of aromatic nitrogens is 1. The van der Waals surface area contributed by atoms with Crippen LogP contribution in [0.2, 0.25) is 0 Å². The van der Waals surface area contributed by atoms with Crippen LogP contribution in [0.3, 0.4) is 0 Å². The van der Waals surface area contributed by atoms with Crippen LogP contribution in [0.4, 0.5) is 0 Å². The molecule has 1 atom stereocenters. The van der Waals surface area contributed by atoms with E-state index in [9.17, 15) is 4.79 Å². The predicted molar refractivity (Wildman–Crippen MR) is 96.6 cm³/mol. The number of nitrogens with one attached hydrogen (secondary N) is 1. The van der Waals surface area contributed by atoms with Gasteiger partial charge in [0.15, 0.2) is 0 Å². The number of rotatable bonds is 6. The number of thiazole rings is 1. The van der Waals surface area contributed by atoms with Gasteiger partial charge in [0.25, 0.3) is 0 Å². The largest absolute Gasteiger partial charge is 0.352 e. The third-order valence-electron chi connectivity index (χ3n) is 3.84. The Balaban J connectivity index is 1.48. The van der Waals surface area contributed by atoms with Gasteiger partial charge in [-0.3, -0.25) is 4.79 Å². The molecule has 0 bridgehead atoms. The maximum Gasteiger partial charge on any atom is 0.233 e. The monoisotopic (exact) mass is 352 g/mol. The first kappa shape index (κ1) is 16.0. The van der Waals surface area contributed by atoms with Crippen LogP contribution in [-0.2, 0) is 10.5 Å². The van der Waals surface area contributed by atoms with Crippen LogP contribution in [0, 0.1) is 0 Å². The van der Waals surface area contributed by atoms with Gasteiger partial charge in [0.1, 0.15) is 5.01 Å². The molecule has 1 aliphatic carbocycles. The average molecular weight is 353 g/mol. The molecule has 1 saturated carbocycles. The number of carbonyl (C=O) groups excluding carboxylic acids is 1. The maximum atomic E-state index is 12.2. The fraction of sp³-hybridized carbons (Fsp3) is 0.500. The third kappa shape index (κ3) is 4.12. The zero-order valence-electron chi connectivity index (χ0n) is 12.6. The zero-order chi connectivity index (χ0) is 15.4. The number of nitrogens with zero attached hydrogens (tertiary/aromatic N) is 1. The molecule has 118 valence electrons. The molecule has 0 saturated heterocycles. The number of carbonyl (C=O) groups is 1. The molecule has 2 aromatic rings. The van der Waals surface area contributed by atoms with Gasteiger partial charge in [-0.25, -0.2) is 4.98 Å². The van der Waals surface area contributed by atoms with Crippen LogP contribution >= 0.6 is 34.4 Å². The van der Waals surface area contributed by atoms with Gasteiger partial charge in [-0.1, -0.05) is 18.9 Å². The summed E-state index contributed by atoms with van der Waals surface area (Å²) in [6.45, 7) is 1.99. The SMILES string of the molecule is C[C@@H](SCc1csc(-c2cccs2)n1)C(=O)NC1CCCC1. The summed E-state index contributed by atoms with van der Waals surface area (Å²) in [6.07, 6.45) is 4.77. The molecule has 2 heterocycles. The quantitative estimate of drug-likeness (QED) is 0.829. The molecule has 0 unspecified atom stereocenters. The molecule has 1 fully saturated rings. The van der Waals surface area contributed by atoms with Crippen molar-refractivity contribution >= 4 is 40.3 Å². The summed E-state index contributed by atoms with van der Waals surface area (Å²) in [6, 6.07) is 4.55. The van der Waals surface area contributed by atoms with Gasteiger partial charge >= 0.3 is 0 Å². The van der Waals surface area contributed by atoms with Gasteiger partial charge in [0, 0.05) is 17.2 Å². The van der Waals surface area contributed by atoms with Crippen molar-refractivity contribution in [3.05, 3.63) is 28.6 Å². The second kappa shape index (κ2) is 7.62.